The Balaban J connectivity index is 1.33. The number of carbonyl (C=O) groups excluding carboxylic acids is 1. The van der Waals surface area contributed by atoms with Gasteiger partial charge in [0.15, 0.2) is 15.0 Å². The average molecular weight is 471 g/mol. The molecule has 2 unspecified atom stereocenters. The van der Waals surface area contributed by atoms with Crippen LogP contribution in [0, 0.1) is 0 Å². The molecule has 0 saturated carbocycles. The number of fused-ring (bicyclic) bond motifs is 1. The number of nitrogens with zero attached hydrogens (tertiary/aromatic N) is 1. The second kappa shape index (κ2) is 8.08. The molecule has 1 fully saturated rings. The number of nitrogens with one attached hydrogen (secondary N) is 2. The van der Waals surface area contributed by atoms with E-state index in [1.807, 2.05) is 0 Å². The van der Waals surface area contributed by atoms with Crippen molar-refractivity contribution in [2.45, 2.75) is 17.7 Å². The molecule has 2 N–H and O–H groups in total. The topological polar surface area (TPSA) is 96.9 Å². The molecule has 0 aromatic heterocycles. The smallest absolute Gasteiger partial charge is 0.406 e. The number of amidine groups is 1. The van der Waals surface area contributed by atoms with Gasteiger partial charge < -0.3 is 15.4 Å². The number of halogens is 3. The molecule has 0 radical (unpaired) electrons. The van der Waals surface area contributed by atoms with Crippen molar-refractivity contribution in [3.63, 3.8) is 0 Å². The van der Waals surface area contributed by atoms with Crippen LogP contribution in [0.4, 0.5) is 24.5 Å². The number of hydrogen-bond acceptors (Lipinski definition) is 7. The second-order valence-electron chi connectivity index (χ2n) is 6.96. The van der Waals surface area contributed by atoms with Gasteiger partial charge in [0.05, 0.1) is 17.5 Å². The number of benzene rings is 2. The van der Waals surface area contributed by atoms with Gasteiger partial charge in [0.25, 0.3) is 5.91 Å². The third-order valence-corrected chi connectivity index (χ3v) is 7.70. The summed E-state index contributed by atoms with van der Waals surface area (Å²) in [6, 6.07) is 11.1. The van der Waals surface area contributed by atoms with E-state index in [9.17, 15) is 26.4 Å². The van der Waals surface area contributed by atoms with Crippen molar-refractivity contribution in [2.24, 2.45) is 4.99 Å². The molecule has 2 aliphatic heterocycles. The first-order valence-corrected chi connectivity index (χ1v) is 11.8. The molecule has 0 spiro atoms. The predicted molar refractivity (Wildman–Crippen MR) is 112 cm³/mol. The molecule has 2 aliphatic rings. The zero-order valence-corrected chi connectivity index (χ0v) is 17.4. The summed E-state index contributed by atoms with van der Waals surface area (Å²) in [5.74, 6) is -0.615. The normalized spacial score (nSPS) is 21.8. The minimum Gasteiger partial charge on any atom is -0.406 e. The van der Waals surface area contributed by atoms with Gasteiger partial charge in [-0.2, -0.15) is 0 Å². The van der Waals surface area contributed by atoms with Crippen molar-refractivity contribution in [2.75, 3.05) is 22.1 Å². The van der Waals surface area contributed by atoms with Crippen LogP contribution in [-0.2, 0) is 9.84 Å². The van der Waals surface area contributed by atoms with Gasteiger partial charge in [-0.1, -0.05) is 11.8 Å². The SMILES string of the molecule is O=C(Nc1ccc(OC(F)(F)F)cc1)c1ccc(NC2=NC3CS(=O)(=O)CC3S2)cc1. The lowest BCUT2D eigenvalue weighted by atomic mass is 10.2. The van der Waals surface area contributed by atoms with Crippen LogP contribution in [0.5, 0.6) is 5.75 Å². The Labute approximate surface area is 180 Å². The van der Waals surface area contributed by atoms with Crippen LogP contribution in [-0.4, -0.2) is 48.7 Å². The molecule has 2 atom stereocenters. The van der Waals surface area contributed by atoms with Gasteiger partial charge in [-0.25, -0.2) is 8.42 Å². The maximum Gasteiger partial charge on any atom is 0.573 e. The molecule has 0 aliphatic carbocycles. The second-order valence-corrected chi connectivity index (χ2v) is 10.3. The van der Waals surface area contributed by atoms with Crippen molar-refractivity contribution >= 4 is 44.0 Å². The maximum atomic E-state index is 12.3. The van der Waals surface area contributed by atoms with E-state index < -0.39 is 22.1 Å². The van der Waals surface area contributed by atoms with E-state index in [0.717, 1.165) is 12.1 Å². The van der Waals surface area contributed by atoms with Crippen LogP contribution in [0.2, 0.25) is 0 Å². The first-order valence-electron chi connectivity index (χ1n) is 9.05. The summed E-state index contributed by atoms with van der Waals surface area (Å²) < 4.78 is 63.6. The third kappa shape index (κ3) is 5.50. The minimum atomic E-state index is -4.78. The number of thioether (sulfide) groups is 1. The number of carbonyl (C=O) groups is 1. The van der Waals surface area contributed by atoms with Crippen LogP contribution in [0.25, 0.3) is 0 Å². The molecular weight excluding hydrogens is 455 g/mol. The molecule has 1 amide bonds. The molecule has 164 valence electrons. The summed E-state index contributed by atoms with van der Waals surface area (Å²) in [5, 5.41) is 6.29. The number of amides is 1. The van der Waals surface area contributed by atoms with Crippen molar-refractivity contribution in [3.05, 3.63) is 54.1 Å². The fourth-order valence-corrected chi connectivity index (χ4v) is 6.86. The highest BCUT2D eigenvalue weighted by molar-refractivity contribution is 8.15. The molecule has 1 saturated heterocycles. The lowest BCUT2D eigenvalue weighted by Crippen LogP contribution is -2.17. The van der Waals surface area contributed by atoms with Crippen molar-refractivity contribution in [1.82, 2.24) is 0 Å². The Morgan fingerprint density at radius 1 is 1.03 bits per heavy atom. The van der Waals surface area contributed by atoms with Gasteiger partial charge in [0.2, 0.25) is 0 Å². The first-order chi connectivity index (χ1) is 14.6. The van der Waals surface area contributed by atoms with Crippen molar-refractivity contribution in [1.29, 1.82) is 0 Å². The average Bonchev–Trinajstić information content (AvgIpc) is 3.15. The Kier molecular flexibility index (Phi) is 5.60. The van der Waals surface area contributed by atoms with Gasteiger partial charge >= 0.3 is 6.36 Å². The Morgan fingerprint density at radius 3 is 2.29 bits per heavy atom. The molecule has 4 rings (SSSR count). The molecule has 12 heteroatoms. The summed E-state index contributed by atoms with van der Waals surface area (Å²) in [4.78, 5) is 16.8. The lowest BCUT2D eigenvalue weighted by molar-refractivity contribution is -0.274. The quantitative estimate of drug-likeness (QED) is 0.709. The largest absolute Gasteiger partial charge is 0.573 e. The number of rotatable bonds is 4. The first kappa shape index (κ1) is 21.5. The van der Waals surface area contributed by atoms with E-state index in [4.69, 9.17) is 0 Å². The highest BCUT2D eigenvalue weighted by atomic mass is 32.2. The number of sulfone groups is 1. The Hall–Kier alpha value is -2.73. The van der Waals surface area contributed by atoms with Crippen LogP contribution < -0.4 is 15.4 Å². The summed E-state index contributed by atoms with van der Waals surface area (Å²) in [7, 11) is -3.01. The fraction of sp³-hybridized carbons (Fsp3) is 0.263. The van der Waals surface area contributed by atoms with Crippen molar-refractivity contribution in [3.8, 4) is 5.75 Å². The lowest BCUT2D eigenvalue weighted by Gasteiger charge is -2.10. The monoisotopic (exact) mass is 471 g/mol. The zero-order chi connectivity index (χ0) is 22.2. The number of hydrogen-bond donors (Lipinski definition) is 2. The van der Waals surface area contributed by atoms with E-state index >= 15 is 0 Å². The van der Waals surface area contributed by atoms with E-state index in [-0.39, 0.29) is 28.5 Å². The summed E-state index contributed by atoms with van der Waals surface area (Å²) >= 11 is 1.39. The van der Waals surface area contributed by atoms with Gasteiger partial charge in [-0.15, -0.1) is 13.2 Å². The number of aliphatic imine (C=N–C) groups is 1. The van der Waals surface area contributed by atoms with Crippen LogP contribution in [0.15, 0.2) is 53.5 Å². The highest BCUT2D eigenvalue weighted by Gasteiger charge is 2.42. The molecular formula is C19H16F3N3O4S2. The van der Waals surface area contributed by atoms with Gasteiger partial charge in [-0.05, 0) is 48.5 Å². The van der Waals surface area contributed by atoms with Gasteiger partial charge in [0.1, 0.15) is 5.75 Å². The van der Waals surface area contributed by atoms with E-state index in [1.54, 1.807) is 24.3 Å². The Bertz CT molecular complexity index is 1120. The van der Waals surface area contributed by atoms with Gasteiger partial charge in [0, 0.05) is 22.2 Å². The minimum absolute atomic E-state index is 0.0644. The van der Waals surface area contributed by atoms with Crippen molar-refractivity contribution < 1.29 is 31.1 Å². The Morgan fingerprint density at radius 2 is 1.68 bits per heavy atom. The molecule has 31 heavy (non-hydrogen) atoms. The molecule has 2 heterocycles. The van der Waals surface area contributed by atoms with Crippen LogP contribution >= 0.6 is 11.8 Å². The van der Waals surface area contributed by atoms with E-state index in [1.165, 1.54) is 23.9 Å². The highest BCUT2D eigenvalue weighted by Crippen LogP contribution is 2.34. The third-order valence-electron chi connectivity index (χ3n) is 4.56. The van der Waals surface area contributed by atoms with E-state index in [0.29, 0.717) is 22.1 Å². The van der Waals surface area contributed by atoms with E-state index in [2.05, 4.69) is 20.4 Å². The molecule has 7 nitrogen and oxygen atoms in total. The standard InChI is InChI=1S/C19H16F3N3O4S2/c20-19(21,22)29-14-7-5-12(6-8-14)23-17(26)11-1-3-13(4-2-11)24-18-25-15-9-31(27,28)10-16(15)30-18/h1-8,15-16H,9-10H2,(H,23,26)(H,24,25). The van der Waals surface area contributed by atoms with Crippen LogP contribution in [0.3, 0.4) is 0 Å². The summed E-state index contributed by atoms with van der Waals surface area (Å²) in [5.41, 5.74) is 1.37. The van der Waals surface area contributed by atoms with Crippen LogP contribution in [0.1, 0.15) is 10.4 Å². The maximum absolute atomic E-state index is 12.3. The number of alkyl halides is 3. The molecule has 2 aromatic rings. The molecule has 2 aromatic carbocycles. The summed E-state index contributed by atoms with van der Waals surface area (Å²) in [6.07, 6.45) is -4.78. The number of anilines is 2. The summed E-state index contributed by atoms with van der Waals surface area (Å²) in [6.45, 7) is 0. The molecule has 0 bridgehead atoms. The predicted octanol–water partition coefficient (Wildman–Crippen LogP) is 3.52. The van der Waals surface area contributed by atoms with Gasteiger partial charge in [-0.3, -0.25) is 9.79 Å². The zero-order valence-electron chi connectivity index (χ0n) is 15.7. The fourth-order valence-electron chi connectivity index (χ4n) is 3.19. The number of ether oxygens (including phenoxy) is 1.